The molecule has 1 heterocycles. The first-order valence-corrected chi connectivity index (χ1v) is 8.85. The number of halogens is 2. The van der Waals surface area contributed by atoms with Crippen LogP contribution < -0.4 is 10.6 Å². The van der Waals surface area contributed by atoms with Gasteiger partial charge in [0, 0.05) is 18.1 Å². The highest BCUT2D eigenvalue weighted by Gasteiger charge is 2.26. The normalized spacial score (nSPS) is 13.7. The second-order valence-corrected chi connectivity index (χ2v) is 6.55. The predicted molar refractivity (Wildman–Crippen MR) is 118 cm³/mol. The number of rotatable bonds is 7. The topological polar surface area (TPSA) is 69.8 Å². The van der Waals surface area contributed by atoms with E-state index in [0.29, 0.717) is 18.3 Å². The fourth-order valence-electron chi connectivity index (χ4n) is 2.39. The summed E-state index contributed by atoms with van der Waals surface area (Å²) in [5.74, 6) is 1.93. The lowest BCUT2D eigenvalue weighted by atomic mass is 10.0. The van der Waals surface area contributed by atoms with E-state index in [9.17, 15) is 5.11 Å². The molecule has 0 aliphatic heterocycles. The van der Waals surface area contributed by atoms with Gasteiger partial charge in [0.1, 0.15) is 17.1 Å². The van der Waals surface area contributed by atoms with Crippen LogP contribution in [0.4, 0.5) is 0 Å². The van der Waals surface area contributed by atoms with E-state index >= 15 is 0 Å². The largest absolute Gasteiger partial charge is 0.463 e. The van der Waals surface area contributed by atoms with Gasteiger partial charge in [-0.05, 0) is 51.0 Å². The van der Waals surface area contributed by atoms with Gasteiger partial charge in [-0.1, -0.05) is 29.8 Å². The van der Waals surface area contributed by atoms with Gasteiger partial charge in [-0.2, -0.15) is 0 Å². The molecule has 0 amide bonds. The summed E-state index contributed by atoms with van der Waals surface area (Å²) in [6.07, 6.45) is 0.790. The molecule has 2 aromatic rings. The number of nitrogens with one attached hydrogen (secondary N) is 2. The highest BCUT2D eigenvalue weighted by molar-refractivity contribution is 14.0. The maximum atomic E-state index is 10.6. The summed E-state index contributed by atoms with van der Waals surface area (Å²) in [7, 11) is 0. The summed E-state index contributed by atoms with van der Waals surface area (Å²) in [6, 6.07) is 11.4. The van der Waals surface area contributed by atoms with Gasteiger partial charge in [-0.3, -0.25) is 0 Å². The summed E-state index contributed by atoms with van der Waals surface area (Å²) >= 11 is 6.17. The van der Waals surface area contributed by atoms with Crippen molar-refractivity contribution in [2.24, 2.45) is 4.99 Å². The second-order valence-electron chi connectivity index (χ2n) is 6.15. The molecule has 26 heavy (non-hydrogen) atoms. The van der Waals surface area contributed by atoms with Crippen LogP contribution in [0.5, 0.6) is 0 Å². The first-order valence-electron chi connectivity index (χ1n) is 8.47. The molecule has 1 unspecified atom stereocenters. The van der Waals surface area contributed by atoms with Gasteiger partial charge in [0.2, 0.25) is 0 Å². The van der Waals surface area contributed by atoms with Crippen molar-refractivity contribution in [1.29, 1.82) is 0 Å². The molecule has 144 valence electrons. The Morgan fingerprint density at radius 3 is 2.58 bits per heavy atom. The number of guanidine groups is 1. The monoisotopic (exact) mass is 491 g/mol. The zero-order chi connectivity index (χ0) is 18.3. The van der Waals surface area contributed by atoms with Gasteiger partial charge in [-0.15, -0.1) is 24.0 Å². The zero-order valence-electron chi connectivity index (χ0n) is 15.4. The third-order valence-electron chi connectivity index (χ3n) is 3.81. The smallest absolute Gasteiger partial charge is 0.191 e. The summed E-state index contributed by atoms with van der Waals surface area (Å²) in [5, 5.41) is 17.8. The molecule has 0 saturated heterocycles. The SMILES string of the molecule is CCNC(=NCC(C)(O)c1ccc(C)o1)NCCc1ccccc1Cl.I. The van der Waals surface area contributed by atoms with Crippen LogP contribution in [-0.2, 0) is 12.0 Å². The van der Waals surface area contributed by atoms with Crippen molar-refractivity contribution in [3.63, 3.8) is 0 Å². The molecule has 1 atom stereocenters. The van der Waals surface area contributed by atoms with E-state index in [0.717, 1.165) is 29.3 Å². The number of nitrogens with zero attached hydrogens (tertiary/aromatic N) is 1. The Balaban J connectivity index is 0.00000338. The quantitative estimate of drug-likeness (QED) is 0.312. The molecule has 7 heteroatoms. The van der Waals surface area contributed by atoms with Crippen molar-refractivity contribution >= 4 is 41.5 Å². The van der Waals surface area contributed by atoms with Crippen molar-refractivity contribution < 1.29 is 9.52 Å². The van der Waals surface area contributed by atoms with E-state index in [4.69, 9.17) is 16.0 Å². The van der Waals surface area contributed by atoms with Crippen LogP contribution in [0.3, 0.4) is 0 Å². The van der Waals surface area contributed by atoms with Crippen molar-refractivity contribution in [2.75, 3.05) is 19.6 Å². The van der Waals surface area contributed by atoms with Crippen molar-refractivity contribution in [1.82, 2.24) is 10.6 Å². The van der Waals surface area contributed by atoms with E-state index in [-0.39, 0.29) is 30.5 Å². The number of benzene rings is 1. The molecule has 0 spiro atoms. The number of aliphatic hydroxyl groups is 1. The van der Waals surface area contributed by atoms with E-state index in [2.05, 4.69) is 15.6 Å². The molecular weight excluding hydrogens is 465 g/mol. The van der Waals surface area contributed by atoms with Crippen LogP contribution in [0.2, 0.25) is 5.02 Å². The first kappa shape index (κ1) is 22.8. The minimum atomic E-state index is -1.15. The van der Waals surface area contributed by atoms with Crippen LogP contribution in [0.25, 0.3) is 0 Å². The molecular formula is C19H27ClIN3O2. The highest BCUT2D eigenvalue weighted by atomic mass is 127. The third-order valence-corrected chi connectivity index (χ3v) is 4.17. The number of aryl methyl sites for hydroxylation is 1. The maximum absolute atomic E-state index is 10.6. The number of furan rings is 1. The molecule has 0 aliphatic rings. The standard InChI is InChI=1S/C19H26ClN3O2.HI/c1-4-21-18(22-12-11-15-7-5-6-8-16(15)20)23-13-19(3,24)17-10-9-14(2)25-17;/h5-10,24H,4,11-13H2,1-3H3,(H2,21,22,23);1H. The van der Waals surface area contributed by atoms with Gasteiger partial charge in [-0.25, -0.2) is 4.99 Å². The van der Waals surface area contributed by atoms with Crippen molar-refractivity contribution in [2.45, 2.75) is 32.8 Å². The Kier molecular flexibility index (Phi) is 9.46. The van der Waals surface area contributed by atoms with Crippen molar-refractivity contribution in [3.05, 3.63) is 58.5 Å². The Labute approximate surface area is 177 Å². The fourth-order valence-corrected chi connectivity index (χ4v) is 2.62. The Bertz CT molecular complexity index is 716. The van der Waals surface area contributed by atoms with Crippen LogP contribution in [0, 0.1) is 6.92 Å². The van der Waals surface area contributed by atoms with E-state index < -0.39 is 5.60 Å². The lowest BCUT2D eigenvalue weighted by molar-refractivity contribution is 0.0428. The maximum Gasteiger partial charge on any atom is 0.191 e. The van der Waals surface area contributed by atoms with E-state index in [1.165, 1.54) is 0 Å². The van der Waals surface area contributed by atoms with E-state index in [1.807, 2.05) is 44.2 Å². The lowest BCUT2D eigenvalue weighted by Gasteiger charge is -2.19. The van der Waals surface area contributed by atoms with Gasteiger partial charge >= 0.3 is 0 Å². The predicted octanol–water partition coefficient (Wildman–Crippen LogP) is 3.86. The minimum Gasteiger partial charge on any atom is -0.463 e. The summed E-state index contributed by atoms with van der Waals surface area (Å²) in [6.45, 7) is 7.17. The molecule has 5 nitrogen and oxygen atoms in total. The lowest BCUT2D eigenvalue weighted by Crippen LogP contribution is -2.39. The molecule has 3 N–H and O–H groups in total. The van der Waals surface area contributed by atoms with Crippen molar-refractivity contribution in [3.8, 4) is 0 Å². The molecule has 0 radical (unpaired) electrons. The third kappa shape index (κ3) is 6.81. The Hall–Kier alpha value is -1.25. The zero-order valence-corrected chi connectivity index (χ0v) is 18.5. The van der Waals surface area contributed by atoms with Gasteiger partial charge in [0.25, 0.3) is 0 Å². The minimum absolute atomic E-state index is 0. The molecule has 0 aliphatic carbocycles. The molecule has 1 aromatic heterocycles. The van der Waals surface area contributed by atoms with Gasteiger partial charge in [0.05, 0.1) is 6.54 Å². The molecule has 0 fully saturated rings. The molecule has 0 bridgehead atoms. The fraction of sp³-hybridized carbons (Fsp3) is 0.421. The summed E-state index contributed by atoms with van der Waals surface area (Å²) in [4.78, 5) is 4.48. The second kappa shape index (κ2) is 10.8. The number of hydrogen-bond acceptors (Lipinski definition) is 3. The van der Waals surface area contributed by atoms with Crippen LogP contribution in [0.1, 0.15) is 30.9 Å². The summed E-state index contributed by atoms with van der Waals surface area (Å²) < 4.78 is 5.52. The number of hydrogen-bond donors (Lipinski definition) is 3. The Morgan fingerprint density at radius 1 is 1.23 bits per heavy atom. The van der Waals surface area contributed by atoms with Crippen LogP contribution in [-0.4, -0.2) is 30.7 Å². The Morgan fingerprint density at radius 2 is 1.96 bits per heavy atom. The molecule has 2 rings (SSSR count). The van der Waals surface area contributed by atoms with Gasteiger partial charge in [0.15, 0.2) is 5.96 Å². The molecule has 0 saturated carbocycles. The van der Waals surface area contributed by atoms with Crippen LogP contribution >= 0.6 is 35.6 Å². The average Bonchev–Trinajstić information content (AvgIpc) is 3.02. The first-order chi connectivity index (χ1) is 11.9. The molecule has 1 aromatic carbocycles. The summed E-state index contributed by atoms with van der Waals surface area (Å²) in [5.41, 5.74) is -0.0649. The van der Waals surface area contributed by atoms with Gasteiger partial charge < -0.3 is 20.2 Å². The van der Waals surface area contributed by atoms with E-state index in [1.54, 1.807) is 13.0 Å². The highest BCUT2D eigenvalue weighted by Crippen LogP contribution is 2.23. The average molecular weight is 492 g/mol. The number of aliphatic imine (C=N–C) groups is 1. The van der Waals surface area contributed by atoms with Crippen LogP contribution in [0.15, 0.2) is 45.8 Å².